The fraction of sp³-hybridized carbons (Fsp3) is 0.500. The Morgan fingerprint density at radius 3 is 2.25 bits per heavy atom. The van der Waals surface area contributed by atoms with Gasteiger partial charge in [-0.2, -0.15) is 0 Å². The van der Waals surface area contributed by atoms with Gasteiger partial charge < -0.3 is 10.2 Å². The molecule has 0 radical (unpaired) electrons. The van der Waals surface area contributed by atoms with Crippen LogP contribution in [0.1, 0.15) is 36.8 Å². The Labute approximate surface area is 120 Å². The highest BCUT2D eigenvalue weighted by molar-refractivity contribution is 6.39. The van der Waals surface area contributed by atoms with E-state index in [2.05, 4.69) is 5.32 Å². The highest BCUT2D eigenvalue weighted by Gasteiger charge is 2.22. The molecule has 0 atom stereocenters. The van der Waals surface area contributed by atoms with E-state index in [1.165, 1.54) is 5.56 Å². The van der Waals surface area contributed by atoms with Gasteiger partial charge >= 0.3 is 11.8 Å². The van der Waals surface area contributed by atoms with Crippen molar-refractivity contribution in [2.75, 3.05) is 18.4 Å². The Bertz CT molecular complexity index is 503. The number of nitrogens with one attached hydrogen (secondary N) is 1. The maximum absolute atomic E-state index is 12.1. The zero-order valence-corrected chi connectivity index (χ0v) is 12.2. The number of carbonyl (C=O) groups excluding carboxylic acids is 2. The van der Waals surface area contributed by atoms with Crippen LogP contribution in [0.4, 0.5) is 5.69 Å². The summed E-state index contributed by atoms with van der Waals surface area (Å²) in [5.41, 5.74) is 2.95. The normalized spacial score (nSPS) is 15.6. The molecule has 1 aliphatic rings. The summed E-state index contributed by atoms with van der Waals surface area (Å²) in [5.74, 6) is -0.944. The summed E-state index contributed by atoms with van der Waals surface area (Å²) < 4.78 is 0. The Hall–Kier alpha value is -1.84. The molecule has 2 rings (SSSR count). The van der Waals surface area contributed by atoms with Crippen molar-refractivity contribution < 1.29 is 9.59 Å². The van der Waals surface area contributed by atoms with Crippen LogP contribution in [-0.4, -0.2) is 29.8 Å². The molecule has 1 aromatic carbocycles. The first-order chi connectivity index (χ1) is 9.58. The van der Waals surface area contributed by atoms with E-state index >= 15 is 0 Å². The Kier molecular flexibility index (Phi) is 4.77. The van der Waals surface area contributed by atoms with Crippen molar-refractivity contribution in [3.8, 4) is 0 Å². The topological polar surface area (TPSA) is 49.4 Å². The van der Waals surface area contributed by atoms with E-state index < -0.39 is 11.8 Å². The minimum atomic E-state index is -0.532. The molecule has 20 heavy (non-hydrogen) atoms. The molecule has 0 aromatic heterocycles. The summed E-state index contributed by atoms with van der Waals surface area (Å²) in [6.45, 7) is 5.39. The van der Waals surface area contributed by atoms with Gasteiger partial charge in [-0.15, -0.1) is 0 Å². The number of nitrogens with zero attached hydrogens (tertiary/aromatic N) is 1. The van der Waals surface area contributed by atoms with Gasteiger partial charge in [-0.3, -0.25) is 9.59 Å². The first-order valence-corrected chi connectivity index (χ1v) is 7.25. The van der Waals surface area contributed by atoms with Crippen LogP contribution in [-0.2, 0) is 9.59 Å². The number of anilines is 1. The molecule has 1 aliphatic heterocycles. The molecule has 1 fully saturated rings. The van der Waals surface area contributed by atoms with E-state index in [9.17, 15) is 9.59 Å². The number of rotatable bonds is 1. The zero-order chi connectivity index (χ0) is 14.5. The van der Waals surface area contributed by atoms with Crippen LogP contribution in [0, 0.1) is 13.8 Å². The van der Waals surface area contributed by atoms with E-state index in [1.54, 1.807) is 4.90 Å². The molecule has 1 N–H and O–H groups in total. The number of hydrogen-bond donors (Lipinski definition) is 1. The van der Waals surface area contributed by atoms with Crippen LogP contribution < -0.4 is 5.32 Å². The maximum Gasteiger partial charge on any atom is 0.313 e. The van der Waals surface area contributed by atoms with Crippen LogP contribution in [0.5, 0.6) is 0 Å². The number of likely N-dealkylation sites (tertiary alicyclic amines) is 1. The number of aryl methyl sites for hydroxylation is 2. The Balaban J connectivity index is 1.99. The zero-order valence-electron chi connectivity index (χ0n) is 12.2. The molecule has 1 aromatic rings. The fourth-order valence-corrected chi connectivity index (χ4v) is 2.42. The molecule has 1 saturated heterocycles. The molecule has 1 heterocycles. The summed E-state index contributed by atoms with van der Waals surface area (Å²) >= 11 is 0. The molecule has 4 heteroatoms. The smallest absolute Gasteiger partial charge is 0.313 e. The third kappa shape index (κ3) is 3.59. The van der Waals surface area contributed by atoms with Crippen molar-refractivity contribution in [2.24, 2.45) is 0 Å². The second kappa shape index (κ2) is 6.55. The van der Waals surface area contributed by atoms with Gasteiger partial charge in [0.25, 0.3) is 0 Å². The average molecular weight is 274 g/mol. The summed E-state index contributed by atoms with van der Waals surface area (Å²) in [7, 11) is 0. The average Bonchev–Trinajstić information content (AvgIpc) is 2.71. The van der Waals surface area contributed by atoms with Gasteiger partial charge in [0.15, 0.2) is 0 Å². The largest absolute Gasteiger partial charge is 0.334 e. The predicted octanol–water partition coefficient (Wildman–Crippen LogP) is 2.64. The van der Waals surface area contributed by atoms with Crippen LogP contribution >= 0.6 is 0 Å². The van der Waals surface area contributed by atoms with Crippen molar-refractivity contribution in [1.29, 1.82) is 0 Å². The Morgan fingerprint density at radius 1 is 1.00 bits per heavy atom. The maximum atomic E-state index is 12.1. The van der Waals surface area contributed by atoms with Gasteiger partial charge in [0.05, 0.1) is 0 Å². The fourth-order valence-electron chi connectivity index (χ4n) is 2.42. The third-order valence-electron chi connectivity index (χ3n) is 3.85. The lowest BCUT2D eigenvalue weighted by Gasteiger charge is -2.19. The standard InChI is InChI=1S/C16H22N2O2/c1-12-7-8-14(11-13(12)2)17-15(19)16(20)18-9-5-3-4-6-10-18/h7-8,11H,3-6,9-10H2,1-2H3,(H,17,19). The SMILES string of the molecule is Cc1ccc(NC(=O)C(=O)N2CCCCCC2)cc1C. The highest BCUT2D eigenvalue weighted by atomic mass is 16.2. The molecule has 0 saturated carbocycles. The predicted molar refractivity (Wildman–Crippen MR) is 79.6 cm³/mol. The molecule has 0 aliphatic carbocycles. The van der Waals surface area contributed by atoms with Gasteiger partial charge in [0, 0.05) is 18.8 Å². The summed E-state index contributed by atoms with van der Waals surface area (Å²) in [6.07, 6.45) is 4.26. The quantitative estimate of drug-likeness (QED) is 0.800. The lowest BCUT2D eigenvalue weighted by atomic mass is 10.1. The van der Waals surface area contributed by atoms with Gasteiger partial charge in [-0.25, -0.2) is 0 Å². The van der Waals surface area contributed by atoms with E-state index in [0.29, 0.717) is 18.8 Å². The van der Waals surface area contributed by atoms with Gasteiger partial charge in [0.2, 0.25) is 0 Å². The molecular weight excluding hydrogens is 252 g/mol. The van der Waals surface area contributed by atoms with E-state index in [1.807, 2.05) is 32.0 Å². The van der Waals surface area contributed by atoms with Gasteiger partial charge in [0.1, 0.15) is 0 Å². The number of benzene rings is 1. The van der Waals surface area contributed by atoms with Crippen LogP contribution in [0.15, 0.2) is 18.2 Å². The van der Waals surface area contributed by atoms with Crippen LogP contribution in [0.2, 0.25) is 0 Å². The minimum absolute atomic E-state index is 0.412. The molecule has 0 spiro atoms. The second-order valence-electron chi connectivity index (χ2n) is 5.46. The molecule has 108 valence electrons. The lowest BCUT2D eigenvalue weighted by Crippen LogP contribution is -2.40. The van der Waals surface area contributed by atoms with Crippen molar-refractivity contribution in [2.45, 2.75) is 39.5 Å². The highest BCUT2D eigenvalue weighted by Crippen LogP contribution is 2.15. The van der Waals surface area contributed by atoms with Crippen molar-refractivity contribution in [3.63, 3.8) is 0 Å². The lowest BCUT2D eigenvalue weighted by molar-refractivity contribution is -0.143. The molecule has 0 unspecified atom stereocenters. The van der Waals surface area contributed by atoms with E-state index in [-0.39, 0.29) is 0 Å². The van der Waals surface area contributed by atoms with Crippen LogP contribution in [0.25, 0.3) is 0 Å². The summed E-state index contributed by atoms with van der Waals surface area (Å²) in [6, 6.07) is 5.67. The van der Waals surface area contributed by atoms with Crippen molar-refractivity contribution in [1.82, 2.24) is 4.90 Å². The number of carbonyl (C=O) groups is 2. The summed E-state index contributed by atoms with van der Waals surface area (Å²) in [5, 5.41) is 2.70. The van der Waals surface area contributed by atoms with Gasteiger partial charge in [-0.05, 0) is 49.9 Å². The Morgan fingerprint density at radius 2 is 1.65 bits per heavy atom. The first-order valence-electron chi connectivity index (χ1n) is 7.25. The van der Waals surface area contributed by atoms with Crippen LogP contribution in [0.3, 0.4) is 0 Å². The van der Waals surface area contributed by atoms with E-state index in [0.717, 1.165) is 31.2 Å². The molecular formula is C16H22N2O2. The first kappa shape index (κ1) is 14.6. The molecule has 4 nitrogen and oxygen atoms in total. The summed E-state index contributed by atoms with van der Waals surface area (Å²) in [4.78, 5) is 25.8. The second-order valence-corrected chi connectivity index (χ2v) is 5.46. The van der Waals surface area contributed by atoms with Crippen molar-refractivity contribution >= 4 is 17.5 Å². The molecule has 0 bridgehead atoms. The van der Waals surface area contributed by atoms with E-state index in [4.69, 9.17) is 0 Å². The number of amides is 2. The minimum Gasteiger partial charge on any atom is -0.334 e. The number of hydrogen-bond acceptors (Lipinski definition) is 2. The van der Waals surface area contributed by atoms with Gasteiger partial charge in [-0.1, -0.05) is 18.9 Å². The monoisotopic (exact) mass is 274 g/mol. The third-order valence-corrected chi connectivity index (χ3v) is 3.85. The van der Waals surface area contributed by atoms with Crippen molar-refractivity contribution in [3.05, 3.63) is 29.3 Å². The molecule has 2 amide bonds.